The maximum absolute atomic E-state index is 11.3. The van der Waals surface area contributed by atoms with Gasteiger partial charge in [0.05, 0.1) is 0 Å². The third-order valence-electron chi connectivity index (χ3n) is 2.54. The van der Waals surface area contributed by atoms with Crippen molar-refractivity contribution in [3.8, 4) is 12.3 Å². The van der Waals surface area contributed by atoms with Gasteiger partial charge in [-0.1, -0.05) is 24.3 Å². The lowest BCUT2D eigenvalue weighted by molar-refractivity contribution is -0.125. The lowest BCUT2D eigenvalue weighted by atomic mass is 10.00. The van der Waals surface area contributed by atoms with Crippen LogP contribution in [0.5, 0.6) is 0 Å². The standard InChI is InChI=1S/C12H11NO/c1-2-12(14)13-8-7-10-5-3-4-6-11(10)9-13/h1,3-6H,7-9H2. The summed E-state index contributed by atoms with van der Waals surface area (Å²) < 4.78 is 0. The summed E-state index contributed by atoms with van der Waals surface area (Å²) >= 11 is 0. The highest BCUT2D eigenvalue weighted by atomic mass is 16.2. The van der Waals surface area contributed by atoms with E-state index in [1.165, 1.54) is 11.1 Å². The van der Waals surface area contributed by atoms with E-state index in [0.29, 0.717) is 6.54 Å². The second-order valence-electron chi connectivity index (χ2n) is 3.39. The average Bonchev–Trinajstić information content (AvgIpc) is 2.27. The van der Waals surface area contributed by atoms with Crippen LogP contribution in [0.2, 0.25) is 0 Å². The molecule has 0 N–H and O–H groups in total. The number of benzene rings is 1. The Morgan fingerprint density at radius 2 is 2.07 bits per heavy atom. The highest BCUT2D eigenvalue weighted by Crippen LogP contribution is 2.17. The van der Waals surface area contributed by atoms with Crippen LogP contribution < -0.4 is 0 Å². The molecule has 1 aliphatic rings. The summed E-state index contributed by atoms with van der Waals surface area (Å²) in [6, 6.07) is 8.17. The molecule has 0 unspecified atom stereocenters. The Morgan fingerprint density at radius 1 is 1.36 bits per heavy atom. The molecule has 0 fully saturated rings. The second-order valence-corrected chi connectivity index (χ2v) is 3.39. The molecule has 1 heterocycles. The SMILES string of the molecule is C#CC(=O)N1CCc2ccccc2C1. The normalized spacial score (nSPS) is 14.4. The van der Waals surface area contributed by atoms with Crippen molar-refractivity contribution in [3.05, 3.63) is 35.4 Å². The zero-order valence-corrected chi connectivity index (χ0v) is 7.86. The molecule has 1 aromatic rings. The molecular weight excluding hydrogens is 174 g/mol. The fourth-order valence-electron chi connectivity index (χ4n) is 1.76. The smallest absolute Gasteiger partial charge is 0.298 e. The molecule has 70 valence electrons. The van der Waals surface area contributed by atoms with Crippen molar-refractivity contribution in [2.24, 2.45) is 0 Å². The van der Waals surface area contributed by atoms with Gasteiger partial charge in [0.1, 0.15) is 0 Å². The number of rotatable bonds is 0. The molecular formula is C12H11NO. The van der Waals surface area contributed by atoms with E-state index in [4.69, 9.17) is 6.42 Å². The van der Waals surface area contributed by atoms with Crippen LogP contribution in [0, 0.1) is 12.3 Å². The number of terminal acetylenes is 1. The Balaban J connectivity index is 2.22. The van der Waals surface area contributed by atoms with E-state index in [1.54, 1.807) is 4.90 Å². The van der Waals surface area contributed by atoms with Crippen LogP contribution in [0.3, 0.4) is 0 Å². The third-order valence-corrected chi connectivity index (χ3v) is 2.54. The van der Waals surface area contributed by atoms with Crippen LogP contribution >= 0.6 is 0 Å². The summed E-state index contributed by atoms with van der Waals surface area (Å²) in [5.41, 5.74) is 2.54. The molecule has 0 spiro atoms. The first kappa shape index (κ1) is 8.83. The summed E-state index contributed by atoms with van der Waals surface area (Å²) in [4.78, 5) is 13.0. The first-order chi connectivity index (χ1) is 6.81. The van der Waals surface area contributed by atoms with Crippen molar-refractivity contribution in [3.63, 3.8) is 0 Å². The van der Waals surface area contributed by atoms with E-state index >= 15 is 0 Å². The topological polar surface area (TPSA) is 20.3 Å². The molecule has 2 heteroatoms. The van der Waals surface area contributed by atoms with Crippen molar-refractivity contribution in [2.75, 3.05) is 6.54 Å². The fraction of sp³-hybridized carbons (Fsp3) is 0.250. The van der Waals surface area contributed by atoms with E-state index < -0.39 is 0 Å². The third kappa shape index (κ3) is 1.49. The van der Waals surface area contributed by atoms with Gasteiger partial charge < -0.3 is 4.90 Å². The van der Waals surface area contributed by atoms with Gasteiger partial charge in [0, 0.05) is 13.1 Å². The van der Waals surface area contributed by atoms with E-state index in [0.717, 1.165) is 13.0 Å². The Labute approximate surface area is 83.5 Å². The van der Waals surface area contributed by atoms with Crippen molar-refractivity contribution in [1.29, 1.82) is 0 Å². The number of carbonyl (C=O) groups excluding carboxylic acids is 1. The molecule has 0 radical (unpaired) electrons. The van der Waals surface area contributed by atoms with Crippen molar-refractivity contribution < 1.29 is 4.79 Å². The highest BCUT2D eigenvalue weighted by molar-refractivity contribution is 5.93. The number of carbonyl (C=O) groups is 1. The van der Waals surface area contributed by atoms with Gasteiger partial charge in [-0.15, -0.1) is 6.42 Å². The lowest BCUT2D eigenvalue weighted by Crippen LogP contribution is -2.34. The number of fused-ring (bicyclic) bond motifs is 1. The number of amides is 1. The maximum Gasteiger partial charge on any atom is 0.298 e. The predicted molar refractivity (Wildman–Crippen MR) is 54.4 cm³/mol. The molecule has 1 aliphatic heterocycles. The summed E-state index contributed by atoms with van der Waals surface area (Å²) in [6.45, 7) is 1.39. The molecule has 2 rings (SSSR count). The maximum atomic E-state index is 11.3. The second kappa shape index (κ2) is 3.55. The van der Waals surface area contributed by atoms with E-state index in [9.17, 15) is 4.79 Å². The van der Waals surface area contributed by atoms with Gasteiger partial charge in [0.15, 0.2) is 0 Å². The summed E-state index contributed by atoms with van der Waals surface area (Å²) in [5, 5.41) is 0. The Kier molecular flexibility index (Phi) is 2.24. The Bertz CT molecular complexity index is 403. The number of hydrogen-bond acceptors (Lipinski definition) is 1. The van der Waals surface area contributed by atoms with Crippen molar-refractivity contribution in [2.45, 2.75) is 13.0 Å². The molecule has 2 nitrogen and oxygen atoms in total. The first-order valence-corrected chi connectivity index (χ1v) is 4.63. The number of nitrogens with zero attached hydrogens (tertiary/aromatic N) is 1. The summed E-state index contributed by atoms with van der Waals surface area (Å²) in [7, 11) is 0. The summed E-state index contributed by atoms with van der Waals surface area (Å²) in [5.74, 6) is 1.94. The van der Waals surface area contributed by atoms with Gasteiger partial charge >= 0.3 is 0 Å². The van der Waals surface area contributed by atoms with E-state index in [1.807, 2.05) is 18.2 Å². The van der Waals surface area contributed by atoms with Gasteiger partial charge in [0.2, 0.25) is 0 Å². The van der Waals surface area contributed by atoms with E-state index in [2.05, 4.69) is 12.0 Å². The Hall–Kier alpha value is -1.75. The molecule has 0 saturated heterocycles. The molecule has 14 heavy (non-hydrogen) atoms. The summed E-state index contributed by atoms with van der Waals surface area (Å²) in [6.07, 6.45) is 5.99. The first-order valence-electron chi connectivity index (χ1n) is 4.63. The van der Waals surface area contributed by atoms with Crippen LogP contribution in [0.15, 0.2) is 24.3 Å². The van der Waals surface area contributed by atoms with Crippen LogP contribution in [0.25, 0.3) is 0 Å². The average molecular weight is 185 g/mol. The molecule has 0 bridgehead atoms. The molecule has 1 aromatic carbocycles. The predicted octanol–water partition coefficient (Wildman–Crippen LogP) is 1.20. The van der Waals surface area contributed by atoms with Crippen LogP contribution in [-0.2, 0) is 17.8 Å². The molecule has 0 aliphatic carbocycles. The minimum absolute atomic E-state index is 0.209. The zero-order valence-electron chi connectivity index (χ0n) is 7.86. The molecule has 1 amide bonds. The monoisotopic (exact) mass is 185 g/mol. The van der Waals surface area contributed by atoms with Gasteiger partial charge in [-0.05, 0) is 23.5 Å². The molecule has 0 atom stereocenters. The van der Waals surface area contributed by atoms with Gasteiger partial charge in [-0.3, -0.25) is 4.79 Å². The minimum atomic E-state index is -0.209. The molecule has 0 saturated carbocycles. The quantitative estimate of drug-likeness (QED) is 0.556. The fourth-order valence-corrected chi connectivity index (χ4v) is 1.76. The van der Waals surface area contributed by atoms with Crippen molar-refractivity contribution >= 4 is 5.91 Å². The van der Waals surface area contributed by atoms with Gasteiger partial charge in [-0.2, -0.15) is 0 Å². The zero-order chi connectivity index (χ0) is 9.97. The van der Waals surface area contributed by atoms with Crippen LogP contribution in [0.4, 0.5) is 0 Å². The van der Waals surface area contributed by atoms with E-state index in [-0.39, 0.29) is 5.91 Å². The van der Waals surface area contributed by atoms with Gasteiger partial charge in [0.25, 0.3) is 5.91 Å². The minimum Gasteiger partial charge on any atom is -0.327 e. The number of hydrogen-bond donors (Lipinski definition) is 0. The highest BCUT2D eigenvalue weighted by Gasteiger charge is 2.18. The van der Waals surface area contributed by atoms with Crippen LogP contribution in [-0.4, -0.2) is 17.4 Å². The van der Waals surface area contributed by atoms with Gasteiger partial charge in [-0.25, -0.2) is 0 Å². The molecule has 0 aromatic heterocycles. The van der Waals surface area contributed by atoms with Crippen LogP contribution in [0.1, 0.15) is 11.1 Å². The Morgan fingerprint density at radius 3 is 2.79 bits per heavy atom. The van der Waals surface area contributed by atoms with Crippen molar-refractivity contribution in [1.82, 2.24) is 4.90 Å². The lowest BCUT2D eigenvalue weighted by Gasteiger charge is -2.26. The largest absolute Gasteiger partial charge is 0.327 e.